The van der Waals surface area contributed by atoms with Gasteiger partial charge in [0.25, 0.3) is 0 Å². The SMILES string of the molecule is Cc1cc(C2=NOC(C)(c3cc(Cl)cc(Cl)c3)C2)ccc1C(=O)CN1CCN(CC(F)(F)F)C1=O. The lowest BCUT2D eigenvalue weighted by molar-refractivity contribution is -0.138. The molecule has 0 spiro atoms. The van der Waals surface area contributed by atoms with Gasteiger partial charge in [0.2, 0.25) is 0 Å². The fourth-order valence-electron chi connectivity index (χ4n) is 4.27. The maximum Gasteiger partial charge on any atom is 0.406 e. The Morgan fingerprint density at radius 2 is 1.77 bits per heavy atom. The van der Waals surface area contributed by atoms with Gasteiger partial charge in [-0.05, 0) is 49.2 Å². The number of nitrogens with zero attached hydrogens (tertiary/aromatic N) is 3. The largest absolute Gasteiger partial charge is 0.406 e. The molecule has 2 aromatic rings. The van der Waals surface area contributed by atoms with Crippen molar-refractivity contribution in [3.63, 3.8) is 0 Å². The molecule has 0 saturated carbocycles. The smallest absolute Gasteiger partial charge is 0.384 e. The molecular weight excluding hydrogens is 506 g/mol. The minimum Gasteiger partial charge on any atom is -0.384 e. The van der Waals surface area contributed by atoms with Crippen LogP contribution in [0.15, 0.2) is 41.6 Å². The van der Waals surface area contributed by atoms with Crippen molar-refractivity contribution >= 4 is 40.7 Å². The predicted molar refractivity (Wildman–Crippen MR) is 126 cm³/mol. The Morgan fingerprint density at radius 1 is 1.11 bits per heavy atom. The van der Waals surface area contributed by atoms with Crippen LogP contribution in [0.2, 0.25) is 10.0 Å². The summed E-state index contributed by atoms with van der Waals surface area (Å²) >= 11 is 12.3. The zero-order valence-electron chi connectivity index (χ0n) is 19.0. The van der Waals surface area contributed by atoms with Gasteiger partial charge in [-0.3, -0.25) is 4.79 Å². The Kier molecular flexibility index (Phi) is 6.76. The molecule has 1 saturated heterocycles. The van der Waals surface area contributed by atoms with Crippen LogP contribution in [0.3, 0.4) is 0 Å². The van der Waals surface area contributed by atoms with Crippen molar-refractivity contribution in [1.82, 2.24) is 9.80 Å². The molecule has 0 radical (unpaired) electrons. The molecule has 35 heavy (non-hydrogen) atoms. The molecule has 1 atom stereocenters. The number of urea groups is 1. The summed E-state index contributed by atoms with van der Waals surface area (Å²) in [5.41, 5.74) is 2.53. The number of oxime groups is 1. The van der Waals surface area contributed by atoms with Crippen molar-refractivity contribution in [3.05, 3.63) is 68.7 Å². The van der Waals surface area contributed by atoms with E-state index in [1.54, 1.807) is 43.3 Å². The number of ketones is 1. The summed E-state index contributed by atoms with van der Waals surface area (Å²) in [4.78, 5) is 32.6. The minimum atomic E-state index is -4.48. The van der Waals surface area contributed by atoms with Gasteiger partial charge in [0.1, 0.15) is 6.54 Å². The molecule has 0 bridgehead atoms. The predicted octanol–water partition coefficient (Wildman–Crippen LogP) is 5.82. The number of hydrogen-bond donors (Lipinski definition) is 0. The molecule has 2 aliphatic heterocycles. The first-order chi connectivity index (χ1) is 16.3. The first kappa shape index (κ1) is 25.3. The van der Waals surface area contributed by atoms with E-state index < -0.39 is 24.4 Å². The molecule has 186 valence electrons. The van der Waals surface area contributed by atoms with Crippen LogP contribution in [-0.4, -0.2) is 59.7 Å². The third kappa shape index (κ3) is 5.56. The number of hydrogen-bond acceptors (Lipinski definition) is 4. The van der Waals surface area contributed by atoms with E-state index in [1.165, 1.54) is 0 Å². The Balaban J connectivity index is 1.44. The van der Waals surface area contributed by atoms with E-state index >= 15 is 0 Å². The second-order valence-corrected chi connectivity index (χ2v) is 9.76. The Bertz CT molecular complexity index is 1200. The zero-order chi connectivity index (χ0) is 25.5. The molecular formula is C24H22Cl2F3N3O3. The molecule has 0 aromatic heterocycles. The maximum atomic E-state index is 12.8. The number of benzene rings is 2. The Morgan fingerprint density at radius 3 is 2.40 bits per heavy atom. The number of halogens is 5. The van der Waals surface area contributed by atoms with Gasteiger partial charge < -0.3 is 14.6 Å². The number of carbonyl (C=O) groups excluding carboxylic acids is 2. The van der Waals surface area contributed by atoms with E-state index in [0.29, 0.717) is 38.2 Å². The molecule has 0 N–H and O–H groups in total. The van der Waals surface area contributed by atoms with Gasteiger partial charge in [-0.2, -0.15) is 13.2 Å². The van der Waals surface area contributed by atoms with Gasteiger partial charge in [-0.25, -0.2) is 4.79 Å². The number of rotatable bonds is 6. The summed E-state index contributed by atoms with van der Waals surface area (Å²) in [6.45, 7) is 2.02. The van der Waals surface area contributed by atoms with E-state index in [9.17, 15) is 22.8 Å². The molecule has 2 aliphatic rings. The topological polar surface area (TPSA) is 62.2 Å². The van der Waals surface area contributed by atoms with Gasteiger partial charge >= 0.3 is 12.2 Å². The van der Waals surface area contributed by atoms with E-state index in [-0.39, 0.29) is 25.4 Å². The summed E-state index contributed by atoms with van der Waals surface area (Å²) < 4.78 is 37.9. The van der Waals surface area contributed by atoms with Crippen LogP contribution in [0.4, 0.5) is 18.0 Å². The molecule has 1 fully saturated rings. The van der Waals surface area contributed by atoms with E-state index in [2.05, 4.69) is 5.16 Å². The molecule has 6 nitrogen and oxygen atoms in total. The normalized spacial score (nSPS) is 20.3. The summed E-state index contributed by atoms with van der Waals surface area (Å²) in [7, 11) is 0. The molecule has 11 heteroatoms. The maximum absolute atomic E-state index is 12.8. The second kappa shape index (κ2) is 9.35. The number of carbonyl (C=O) groups is 2. The fraction of sp³-hybridized carbons (Fsp3) is 0.375. The molecule has 1 unspecified atom stereocenters. The number of aryl methyl sites for hydroxylation is 1. The highest BCUT2D eigenvalue weighted by molar-refractivity contribution is 6.34. The number of amides is 2. The highest BCUT2D eigenvalue weighted by Gasteiger charge is 2.39. The molecule has 2 amide bonds. The van der Waals surface area contributed by atoms with Gasteiger partial charge in [-0.1, -0.05) is 40.5 Å². The Labute approximate surface area is 210 Å². The van der Waals surface area contributed by atoms with Crippen molar-refractivity contribution in [2.24, 2.45) is 5.16 Å². The number of alkyl halides is 3. The van der Waals surface area contributed by atoms with Crippen molar-refractivity contribution in [3.8, 4) is 0 Å². The van der Waals surface area contributed by atoms with Crippen LogP contribution >= 0.6 is 23.2 Å². The lowest BCUT2D eigenvalue weighted by Crippen LogP contribution is -2.39. The molecule has 2 heterocycles. The van der Waals surface area contributed by atoms with Gasteiger partial charge in [0.15, 0.2) is 11.4 Å². The van der Waals surface area contributed by atoms with Crippen LogP contribution in [-0.2, 0) is 10.4 Å². The quantitative estimate of drug-likeness (QED) is 0.444. The highest BCUT2D eigenvalue weighted by atomic mass is 35.5. The van der Waals surface area contributed by atoms with E-state index in [4.69, 9.17) is 28.0 Å². The summed E-state index contributed by atoms with van der Waals surface area (Å²) in [5, 5.41) is 5.21. The first-order valence-corrected chi connectivity index (χ1v) is 11.6. The molecule has 0 aliphatic carbocycles. The van der Waals surface area contributed by atoms with Crippen molar-refractivity contribution in [2.45, 2.75) is 32.0 Å². The second-order valence-electron chi connectivity index (χ2n) is 8.89. The van der Waals surface area contributed by atoms with Crippen LogP contribution < -0.4 is 0 Å². The zero-order valence-corrected chi connectivity index (χ0v) is 20.5. The highest BCUT2D eigenvalue weighted by Crippen LogP contribution is 2.38. The monoisotopic (exact) mass is 527 g/mol. The van der Waals surface area contributed by atoms with Crippen molar-refractivity contribution in [1.29, 1.82) is 0 Å². The molecule has 4 rings (SSSR count). The van der Waals surface area contributed by atoms with E-state index in [0.717, 1.165) is 16.0 Å². The van der Waals surface area contributed by atoms with Crippen LogP contribution in [0.25, 0.3) is 0 Å². The first-order valence-electron chi connectivity index (χ1n) is 10.8. The van der Waals surface area contributed by atoms with Crippen LogP contribution in [0, 0.1) is 6.92 Å². The van der Waals surface area contributed by atoms with Crippen molar-refractivity contribution in [2.75, 3.05) is 26.2 Å². The molecule has 2 aromatic carbocycles. The third-order valence-electron chi connectivity index (χ3n) is 6.08. The summed E-state index contributed by atoms with van der Waals surface area (Å²) in [5.74, 6) is -0.348. The standard InChI is InChI=1S/C24H22Cl2F3N3O3/c1-14-7-15(20-11-23(2,35-30-20)16-8-17(25)10-18(26)9-16)3-4-19(14)21(33)12-31-5-6-32(22(31)34)13-24(27,28)29/h3-4,7-10H,5-6,11-13H2,1-2H3. The fourth-order valence-corrected chi connectivity index (χ4v) is 4.79. The minimum absolute atomic E-state index is 0.0675. The Hall–Kier alpha value is -2.78. The van der Waals surface area contributed by atoms with Gasteiger partial charge in [0.05, 0.1) is 12.3 Å². The van der Waals surface area contributed by atoms with Gasteiger partial charge in [-0.15, -0.1) is 0 Å². The average molecular weight is 528 g/mol. The third-order valence-corrected chi connectivity index (χ3v) is 6.52. The van der Waals surface area contributed by atoms with Crippen LogP contribution in [0.1, 0.15) is 40.4 Å². The van der Waals surface area contributed by atoms with Crippen molar-refractivity contribution < 1.29 is 27.6 Å². The lowest BCUT2D eigenvalue weighted by atomic mass is 9.88. The van der Waals surface area contributed by atoms with Gasteiger partial charge in [0, 0.05) is 40.7 Å². The lowest BCUT2D eigenvalue weighted by Gasteiger charge is -2.22. The van der Waals surface area contributed by atoms with E-state index in [1.807, 2.05) is 6.92 Å². The average Bonchev–Trinajstić information content (AvgIpc) is 3.31. The summed E-state index contributed by atoms with van der Waals surface area (Å²) in [6, 6.07) is 9.56. The van der Waals surface area contributed by atoms with Crippen LogP contribution in [0.5, 0.6) is 0 Å². The number of Topliss-reactive ketones (excluding diaryl/α,β-unsaturated/α-hetero) is 1. The summed E-state index contributed by atoms with van der Waals surface area (Å²) in [6.07, 6.45) is -4.03.